The van der Waals surface area contributed by atoms with Crippen LogP contribution in [0.1, 0.15) is 5.56 Å². The molecule has 0 spiro atoms. The first-order valence-corrected chi connectivity index (χ1v) is 10.2. The predicted molar refractivity (Wildman–Crippen MR) is 95.0 cm³/mol. The molecule has 1 amide bonds. The standard InChI is InChI=1S/C17H16F2N2O3S2/c18-14-2-3-16(15(19)11-14)26(23,24)21-8-6-20(7-9-21)17(22)4-1-13-5-10-25-12-13/h1-5,10-12H,6-9H2. The van der Waals surface area contributed by atoms with Gasteiger partial charge in [0.05, 0.1) is 0 Å². The molecule has 1 aliphatic rings. The van der Waals surface area contributed by atoms with Crippen LogP contribution in [0.3, 0.4) is 0 Å². The zero-order valence-corrected chi connectivity index (χ0v) is 15.3. The molecule has 26 heavy (non-hydrogen) atoms. The first kappa shape index (κ1) is 18.7. The SMILES string of the molecule is O=C(C=Cc1ccsc1)N1CCN(S(=O)(=O)c2ccc(F)cc2F)CC1. The molecule has 2 aromatic rings. The molecule has 0 saturated carbocycles. The number of hydrogen-bond donors (Lipinski definition) is 0. The van der Waals surface area contributed by atoms with Crippen LogP contribution in [-0.2, 0) is 14.8 Å². The van der Waals surface area contributed by atoms with Gasteiger partial charge in [0.1, 0.15) is 16.5 Å². The smallest absolute Gasteiger partial charge is 0.246 e. The largest absolute Gasteiger partial charge is 0.337 e. The number of benzene rings is 1. The lowest BCUT2D eigenvalue weighted by molar-refractivity contribution is -0.127. The summed E-state index contributed by atoms with van der Waals surface area (Å²) in [5.41, 5.74) is 0.927. The van der Waals surface area contributed by atoms with Gasteiger partial charge in [-0.25, -0.2) is 17.2 Å². The first-order chi connectivity index (χ1) is 12.4. The third-order valence-corrected chi connectivity index (χ3v) is 6.66. The van der Waals surface area contributed by atoms with Crippen LogP contribution in [0.5, 0.6) is 0 Å². The summed E-state index contributed by atoms with van der Waals surface area (Å²) < 4.78 is 53.0. The van der Waals surface area contributed by atoms with Gasteiger partial charge in [-0.15, -0.1) is 0 Å². The highest BCUT2D eigenvalue weighted by molar-refractivity contribution is 7.89. The van der Waals surface area contributed by atoms with Gasteiger partial charge in [0.25, 0.3) is 0 Å². The number of sulfonamides is 1. The Hall–Kier alpha value is -2.10. The molecule has 0 bridgehead atoms. The third-order valence-electron chi connectivity index (χ3n) is 4.02. The van der Waals surface area contributed by atoms with E-state index in [1.165, 1.54) is 22.3 Å². The monoisotopic (exact) mass is 398 g/mol. The minimum atomic E-state index is -4.07. The fourth-order valence-electron chi connectivity index (χ4n) is 2.62. The molecule has 1 saturated heterocycles. The molecule has 0 N–H and O–H groups in total. The fourth-order valence-corrected chi connectivity index (χ4v) is 4.71. The van der Waals surface area contributed by atoms with E-state index in [0.29, 0.717) is 6.07 Å². The molecule has 1 aromatic heterocycles. The number of carbonyl (C=O) groups excluding carboxylic acids is 1. The predicted octanol–water partition coefficient (Wildman–Crippen LogP) is 2.57. The number of rotatable bonds is 4. The molecule has 9 heteroatoms. The molecule has 0 unspecified atom stereocenters. The van der Waals surface area contributed by atoms with Crippen LogP contribution in [0.2, 0.25) is 0 Å². The summed E-state index contributed by atoms with van der Waals surface area (Å²) >= 11 is 1.53. The average molecular weight is 398 g/mol. The van der Waals surface area contributed by atoms with Crippen molar-refractivity contribution in [2.45, 2.75) is 4.90 Å². The lowest BCUT2D eigenvalue weighted by Crippen LogP contribution is -2.50. The highest BCUT2D eigenvalue weighted by Gasteiger charge is 2.31. The average Bonchev–Trinajstić information content (AvgIpc) is 3.13. The van der Waals surface area contributed by atoms with Gasteiger partial charge >= 0.3 is 0 Å². The summed E-state index contributed by atoms with van der Waals surface area (Å²) in [7, 11) is -4.07. The van der Waals surface area contributed by atoms with Gasteiger partial charge in [0, 0.05) is 38.3 Å². The second-order valence-corrected chi connectivity index (χ2v) is 8.38. The minimum Gasteiger partial charge on any atom is -0.337 e. The second kappa shape index (κ2) is 7.65. The van der Waals surface area contributed by atoms with E-state index in [1.807, 2.05) is 16.8 Å². The summed E-state index contributed by atoms with van der Waals surface area (Å²) in [4.78, 5) is 13.2. The van der Waals surface area contributed by atoms with Gasteiger partial charge in [-0.05, 0) is 40.6 Å². The van der Waals surface area contributed by atoms with Crippen molar-refractivity contribution in [2.75, 3.05) is 26.2 Å². The van der Waals surface area contributed by atoms with E-state index in [4.69, 9.17) is 0 Å². The number of carbonyl (C=O) groups is 1. The molecule has 0 atom stereocenters. The van der Waals surface area contributed by atoms with Crippen molar-refractivity contribution >= 4 is 33.3 Å². The van der Waals surface area contributed by atoms with Crippen molar-refractivity contribution in [3.8, 4) is 0 Å². The number of nitrogens with zero attached hydrogens (tertiary/aromatic N) is 2. The summed E-state index contributed by atoms with van der Waals surface area (Å²) in [6, 6.07) is 4.25. The molecular formula is C17H16F2N2O3S2. The molecule has 0 aliphatic carbocycles. The van der Waals surface area contributed by atoms with Gasteiger partial charge in [-0.3, -0.25) is 4.79 Å². The van der Waals surface area contributed by atoms with Gasteiger partial charge < -0.3 is 4.90 Å². The maximum Gasteiger partial charge on any atom is 0.246 e. The van der Waals surface area contributed by atoms with E-state index in [0.717, 1.165) is 22.0 Å². The van der Waals surface area contributed by atoms with E-state index >= 15 is 0 Å². The summed E-state index contributed by atoms with van der Waals surface area (Å²) in [6.45, 7) is 0.512. The van der Waals surface area contributed by atoms with Gasteiger partial charge in [-0.1, -0.05) is 0 Å². The van der Waals surface area contributed by atoms with Gasteiger partial charge in [0.2, 0.25) is 15.9 Å². The van der Waals surface area contributed by atoms with E-state index in [2.05, 4.69) is 0 Å². The molecule has 2 heterocycles. The maximum atomic E-state index is 13.8. The number of thiophene rings is 1. The first-order valence-electron chi connectivity index (χ1n) is 7.82. The zero-order chi connectivity index (χ0) is 18.7. The quantitative estimate of drug-likeness (QED) is 0.744. The molecular weight excluding hydrogens is 382 g/mol. The topological polar surface area (TPSA) is 57.7 Å². The zero-order valence-electron chi connectivity index (χ0n) is 13.6. The Balaban J connectivity index is 1.65. The van der Waals surface area contributed by atoms with Gasteiger partial charge in [0.15, 0.2) is 0 Å². The lowest BCUT2D eigenvalue weighted by atomic mass is 10.3. The highest BCUT2D eigenvalue weighted by atomic mass is 32.2. The summed E-state index contributed by atoms with van der Waals surface area (Å²) in [6.07, 6.45) is 3.15. The van der Waals surface area contributed by atoms with Crippen molar-refractivity contribution in [3.63, 3.8) is 0 Å². The van der Waals surface area contributed by atoms with Crippen molar-refractivity contribution in [2.24, 2.45) is 0 Å². The molecule has 3 rings (SSSR count). The Labute approximate surface area is 154 Å². The van der Waals surface area contributed by atoms with Crippen LogP contribution in [-0.4, -0.2) is 49.7 Å². The van der Waals surface area contributed by atoms with Crippen molar-refractivity contribution in [1.82, 2.24) is 9.21 Å². The maximum absolute atomic E-state index is 13.8. The van der Waals surface area contributed by atoms with Crippen molar-refractivity contribution < 1.29 is 22.0 Å². The van der Waals surface area contributed by atoms with E-state index in [9.17, 15) is 22.0 Å². The number of halogens is 2. The van der Waals surface area contributed by atoms with Crippen LogP contribution >= 0.6 is 11.3 Å². The Morgan fingerprint density at radius 1 is 1.12 bits per heavy atom. The number of piperazine rings is 1. The summed E-state index contributed by atoms with van der Waals surface area (Å²) in [5, 5.41) is 3.81. The molecule has 0 radical (unpaired) electrons. The molecule has 1 fully saturated rings. The summed E-state index contributed by atoms with van der Waals surface area (Å²) in [5.74, 6) is -2.17. The van der Waals surface area contributed by atoms with Gasteiger partial charge in [-0.2, -0.15) is 15.6 Å². The second-order valence-electron chi connectivity index (χ2n) is 5.69. The van der Waals surface area contributed by atoms with Crippen LogP contribution in [0.15, 0.2) is 46.0 Å². The third kappa shape index (κ3) is 4.00. The van der Waals surface area contributed by atoms with Crippen molar-refractivity contribution in [3.05, 3.63) is 58.3 Å². The fraction of sp³-hybridized carbons (Fsp3) is 0.235. The Bertz CT molecular complexity index is 919. The molecule has 1 aromatic carbocycles. The highest BCUT2D eigenvalue weighted by Crippen LogP contribution is 2.21. The van der Waals surface area contributed by atoms with Crippen LogP contribution in [0.4, 0.5) is 8.78 Å². The normalized spacial score (nSPS) is 16.3. The number of amides is 1. The van der Waals surface area contributed by atoms with Crippen molar-refractivity contribution in [1.29, 1.82) is 0 Å². The Morgan fingerprint density at radius 3 is 2.46 bits per heavy atom. The van der Waals surface area contributed by atoms with Crippen LogP contribution in [0, 0.1) is 11.6 Å². The Kier molecular flexibility index (Phi) is 5.49. The van der Waals surface area contributed by atoms with Crippen LogP contribution < -0.4 is 0 Å². The minimum absolute atomic E-state index is 0.0528. The molecule has 138 valence electrons. The van der Waals surface area contributed by atoms with E-state index in [-0.39, 0.29) is 32.1 Å². The molecule has 1 aliphatic heterocycles. The Morgan fingerprint density at radius 2 is 1.85 bits per heavy atom. The van der Waals surface area contributed by atoms with E-state index in [1.54, 1.807) is 6.08 Å². The van der Waals surface area contributed by atoms with E-state index < -0.39 is 26.6 Å². The number of hydrogen-bond acceptors (Lipinski definition) is 4. The lowest BCUT2D eigenvalue weighted by Gasteiger charge is -2.33. The molecule has 5 nitrogen and oxygen atoms in total. The van der Waals surface area contributed by atoms with Crippen LogP contribution in [0.25, 0.3) is 6.08 Å².